The van der Waals surface area contributed by atoms with Gasteiger partial charge in [0.25, 0.3) is 0 Å². The zero-order valence-corrected chi connectivity index (χ0v) is 6.75. The van der Waals surface area contributed by atoms with Gasteiger partial charge in [-0.05, 0) is 19.4 Å². The monoisotopic (exact) mass is 137 g/mol. The number of aliphatic imine (C=N–C) groups is 1. The molecule has 0 saturated carbocycles. The molecule has 0 aromatic carbocycles. The molecule has 0 amide bonds. The molecular formula is C9H15N. The molecule has 0 heterocycles. The van der Waals surface area contributed by atoms with Crippen LogP contribution in [0, 0.1) is 0 Å². The summed E-state index contributed by atoms with van der Waals surface area (Å²) in [4.78, 5) is 4.22. The van der Waals surface area contributed by atoms with E-state index in [4.69, 9.17) is 0 Å². The molecule has 0 spiro atoms. The lowest BCUT2D eigenvalue weighted by atomic mass is 10.3. The van der Waals surface area contributed by atoms with Crippen molar-refractivity contribution in [3.05, 3.63) is 24.8 Å². The summed E-state index contributed by atoms with van der Waals surface area (Å²) in [5.74, 6) is 0. The Morgan fingerprint density at radius 3 is 2.70 bits per heavy atom. The van der Waals surface area contributed by atoms with Crippen molar-refractivity contribution in [3.63, 3.8) is 0 Å². The van der Waals surface area contributed by atoms with E-state index in [1.165, 1.54) is 0 Å². The van der Waals surface area contributed by atoms with Crippen molar-refractivity contribution < 1.29 is 0 Å². The lowest BCUT2D eigenvalue weighted by molar-refractivity contribution is 0.721. The Morgan fingerprint density at radius 2 is 2.20 bits per heavy atom. The van der Waals surface area contributed by atoms with Crippen LogP contribution < -0.4 is 0 Å². The van der Waals surface area contributed by atoms with Crippen LogP contribution >= 0.6 is 0 Å². The van der Waals surface area contributed by atoms with Gasteiger partial charge in [0.2, 0.25) is 0 Å². The highest BCUT2D eigenvalue weighted by Crippen LogP contribution is 1.92. The fourth-order valence-corrected chi connectivity index (χ4v) is 0.430. The van der Waals surface area contributed by atoms with Crippen molar-refractivity contribution in [1.82, 2.24) is 0 Å². The minimum absolute atomic E-state index is 0.439. The third-order valence-corrected chi connectivity index (χ3v) is 1.26. The molecule has 1 heteroatoms. The van der Waals surface area contributed by atoms with Gasteiger partial charge >= 0.3 is 0 Å². The zero-order chi connectivity index (χ0) is 7.82. The number of hydrogen-bond acceptors (Lipinski definition) is 1. The van der Waals surface area contributed by atoms with Gasteiger partial charge in [-0.15, -0.1) is 0 Å². The van der Waals surface area contributed by atoms with Gasteiger partial charge in [0.05, 0.1) is 0 Å². The maximum atomic E-state index is 4.22. The first-order chi connectivity index (χ1) is 4.81. The Labute approximate surface area is 63.2 Å². The second-order valence-corrected chi connectivity index (χ2v) is 2.18. The molecule has 0 N–H and O–H groups in total. The van der Waals surface area contributed by atoms with E-state index in [1.807, 2.05) is 18.4 Å². The summed E-state index contributed by atoms with van der Waals surface area (Å²) in [5.41, 5.74) is 0. The van der Waals surface area contributed by atoms with Crippen LogP contribution in [0.15, 0.2) is 29.8 Å². The number of allylic oxidation sites excluding steroid dienone is 3. The maximum Gasteiger partial charge on any atom is 0.0468 e. The van der Waals surface area contributed by atoms with Gasteiger partial charge in [0.15, 0.2) is 0 Å². The van der Waals surface area contributed by atoms with E-state index in [9.17, 15) is 0 Å². The summed E-state index contributed by atoms with van der Waals surface area (Å²) >= 11 is 0. The second kappa shape index (κ2) is 6.27. The lowest BCUT2D eigenvalue weighted by Crippen LogP contribution is -1.92. The van der Waals surface area contributed by atoms with Gasteiger partial charge < -0.3 is 0 Å². The first-order valence-electron chi connectivity index (χ1n) is 3.62. The number of rotatable bonds is 4. The van der Waals surface area contributed by atoms with Crippen LogP contribution in [0.2, 0.25) is 0 Å². The van der Waals surface area contributed by atoms with Crippen LogP contribution in [0.3, 0.4) is 0 Å². The normalized spacial score (nSPS) is 14.6. The minimum atomic E-state index is 0.439. The van der Waals surface area contributed by atoms with E-state index < -0.39 is 0 Å². The van der Waals surface area contributed by atoms with E-state index >= 15 is 0 Å². The molecule has 0 aromatic rings. The van der Waals surface area contributed by atoms with Crippen LogP contribution in [0.1, 0.15) is 20.3 Å². The molecule has 1 unspecified atom stereocenters. The average Bonchev–Trinajstić information content (AvgIpc) is 1.98. The van der Waals surface area contributed by atoms with Gasteiger partial charge in [-0.1, -0.05) is 25.7 Å². The molecule has 1 nitrogen and oxygen atoms in total. The van der Waals surface area contributed by atoms with Gasteiger partial charge in [-0.25, -0.2) is 0 Å². The standard InChI is InChI=1S/C9H15N/c1-4-6-7-8-10-9(3)5-2/h4,6-9H,1,5H2,2-3H3/b7-6-,10-8-. The molecule has 0 aliphatic rings. The minimum Gasteiger partial charge on any atom is -0.290 e. The third kappa shape index (κ3) is 5.29. The Hall–Kier alpha value is -0.850. The summed E-state index contributed by atoms with van der Waals surface area (Å²) < 4.78 is 0. The van der Waals surface area contributed by atoms with Crippen molar-refractivity contribution in [3.8, 4) is 0 Å². The first kappa shape index (κ1) is 9.15. The molecule has 0 radical (unpaired) electrons. The molecule has 0 aromatic heterocycles. The fourth-order valence-electron chi connectivity index (χ4n) is 0.430. The summed E-state index contributed by atoms with van der Waals surface area (Å²) in [5, 5.41) is 0. The first-order valence-corrected chi connectivity index (χ1v) is 3.62. The number of hydrogen-bond donors (Lipinski definition) is 0. The largest absolute Gasteiger partial charge is 0.290 e. The van der Waals surface area contributed by atoms with Gasteiger partial charge in [-0.2, -0.15) is 0 Å². The number of nitrogens with zero attached hydrogens (tertiary/aromatic N) is 1. The molecule has 0 rings (SSSR count). The molecule has 56 valence electrons. The van der Waals surface area contributed by atoms with E-state index in [0.717, 1.165) is 6.42 Å². The average molecular weight is 137 g/mol. The molecule has 10 heavy (non-hydrogen) atoms. The summed E-state index contributed by atoms with van der Waals surface area (Å²) in [6.07, 6.45) is 8.40. The molecule has 0 aliphatic heterocycles. The van der Waals surface area contributed by atoms with Gasteiger partial charge in [0.1, 0.15) is 0 Å². The highest BCUT2D eigenvalue weighted by molar-refractivity contribution is 5.71. The van der Waals surface area contributed by atoms with Crippen molar-refractivity contribution in [2.75, 3.05) is 0 Å². The van der Waals surface area contributed by atoms with E-state index in [1.54, 1.807) is 6.08 Å². The van der Waals surface area contributed by atoms with Crippen LogP contribution in [-0.4, -0.2) is 12.3 Å². The van der Waals surface area contributed by atoms with E-state index in [2.05, 4.69) is 25.4 Å². The van der Waals surface area contributed by atoms with Crippen molar-refractivity contribution >= 4 is 6.21 Å². The second-order valence-electron chi connectivity index (χ2n) is 2.18. The van der Waals surface area contributed by atoms with E-state index in [0.29, 0.717) is 6.04 Å². The van der Waals surface area contributed by atoms with Crippen LogP contribution in [-0.2, 0) is 0 Å². The molecule has 0 aliphatic carbocycles. The molecular weight excluding hydrogens is 122 g/mol. The highest BCUT2D eigenvalue weighted by Gasteiger charge is 1.87. The molecule has 1 atom stereocenters. The van der Waals surface area contributed by atoms with Crippen LogP contribution in [0.4, 0.5) is 0 Å². The Bertz CT molecular complexity index is 134. The fraction of sp³-hybridized carbons (Fsp3) is 0.444. The topological polar surface area (TPSA) is 12.4 Å². The molecule has 0 fully saturated rings. The predicted molar refractivity (Wildman–Crippen MR) is 47.6 cm³/mol. The van der Waals surface area contributed by atoms with Crippen molar-refractivity contribution in [1.29, 1.82) is 0 Å². The summed E-state index contributed by atoms with van der Waals surface area (Å²) in [6, 6.07) is 0.439. The Morgan fingerprint density at radius 1 is 1.50 bits per heavy atom. The van der Waals surface area contributed by atoms with Crippen molar-refractivity contribution in [2.24, 2.45) is 4.99 Å². The van der Waals surface area contributed by atoms with E-state index in [-0.39, 0.29) is 0 Å². The lowest BCUT2D eigenvalue weighted by Gasteiger charge is -1.96. The zero-order valence-electron chi connectivity index (χ0n) is 6.75. The Kier molecular flexibility index (Phi) is 5.74. The quantitative estimate of drug-likeness (QED) is 0.417. The van der Waals surface area contributed by atoms with Gasteiger partial charge in [-0.3, -0.25) is 4.99 Å². The van der Waals surface area contributed by atoms with Gasteiger partial charge in [0, 0.05) is 12.3 Å². The Balaban J connectivity index is 3.54. The molecule has 0 bridgehead atoms. The van der Waals surface area contributed by atoms with Crippen molar-refractivity contribution in [2.45, 2.75) is 26.3 Å². The third-order valence-electron chi connectivity index (χ3n) is 1.26. The SMILES string of the molecule is C=C/C=C\C=N/C(C)CC. The predicted octanol–water partition coefficient (Wildman–Crippen LogP) is 2.60. The maximum absolute atomic E-state index is 4.22. The summed E-state index contributed by atoms with van der Waals surface area (Å²) in [6.45, 7) is 7.77. The molecule has 0 saturated heterocycles. The van der Waals surface area contributed by atoms with Crippen LogP contribution in [0.25, 0.3) is 0 Å². The highest BCUT2D eigenvalue weighted by atomic mass is 14.7. The smallest absolute Gasteiger partial charge is 0.0468 e. The summed E-state index contributed by atoms with van der Waals surface area (Å²) in [7, 11) is 0. The van der Waals surface area contributed by atoms with Crippen LogP contribution in [0.5, 0.6) is 0 Å².